The lowest BCUT2D eigenvalue weighted by Crippen LogP contribution is -2.37. The van der Waals surface area contributed by atoms with E-state index >= 15 is 0 Å². The van der Waals surface area contributed by atoms with E-state index in [-0.39, 0.29) is 18.2 Å². The van der Waals surface area contributed by atoms with Crippen LogP contribution in [0.1, 0.15) is 32.4 Å². The normalized spacial score (nSPS) is 14.8. The van der Waals surface area contributed by atoms with Gasteiger partial charge in [0.25, 0.3) is 0 Å². The van der Waals surface area contributed by atoms with Crippen molar-refractivity contribution in [3.63, 3.8) is 0 Å². The third-order valence-corrected chi connectivity index (χ3v) is 4.59. The standard InChI is InChI=1S/C16H25N3O3S/c1-12(2)10-18(7-8-22-3)15(21)9-13-11-23-16(17-13)19-6-4-5-14(19)20/h11-12H,4-10H2,1-3H3. The lowest BCUT2D eigenvalue weighted by molar-refractivity contribution is -0.131. The van der Waals surface area contributed by atoms with E-state index in [9.17, 15) is 9.59 Å². The highest BCUT2D eigenvalue weighted by atomic mass is 32.1. The largest absolute Gasteiger partial charge is 0.383 e. The van der Waals surface area contributed by atoms with Gasteiger partial charge in [-0.15, -0.1) is 11.3 Å². The Morgan fingerprint density at radius 3 is 2.91 bits per heavy atom. The molecule has 2 amide bonds. The molecule has 0 aromatic carbocycles. The zero-order valence-corrected chi connectivity index (χ0v) is 14.9. The summed E-state index contributed by atoms with van der Waals surface area (Å²) < 4.78 is 5.09. The van der Waals surface area contributed by atoms with Gasteiger partial charge in [-0.1, -0.05) is 13.8 Å². The van der Waals surface area contributed by atoms with Gasteiger partial charge in [0.15, 0.2) is 5.13 Å². The number of carbonyl (C=O) groups excluding carboxylic acids is 2. The highest BCUT2D eigenvalue weighted by Crippen LogP contribution is 2.25. The minimum atomic E-state index is 0.0559. The predicted octanol–water partition coefficient (Wildman–Crippen LogP) is 1.94. The summed E-state index contributed by atoms with van der Waals surface area (Å²) in [5, 5.41) is 2.59. The van der Waals surface area contributed by atoms with Crippen molar-refractivity contribution < 1.29 is 14.3 Å². The van der Waals surface area contributed by atoms with Crippen LogP contribution in [-0.4, -0.2) is 55.0 Å². The molecule has 7 heteroatoms. The molecule has 1 aromatic rings. The molecule has 1 saturated heterocycles. The fourth-order valence-electron chi connectivity index (χ4n) is 2.58. The van der Waals surface area contributed by atoms with E-state index in [1.807, 2.05) is 10.3 Å². The molecule has 0 N–H and O–H groups in total. The molecule has 0 aliphatic carbocycles. The number of anilines is 1. The van der Waals surface area contributed by atoms with E-state index in [4.69, 9.17) is 4.74 Å². The van der Waals surface area contributed by atoms with Crippen LogP contribution in [0.25, 0.3) is 0 Å². The van der Waals surface area contributed by atoms with Crippen LogP contribution in [0.3, 0.4) is 0 Å². The summed E-state index contributed by atoms with van der Waals surface area (Å²) >= 11 is 1.43. The molecule has 0 spiro atoms. The molecule has 0 unspecified atom stereocenters. The molecular weight excluding hydrogens is 314 g/mol. The fraction of sp³-hybridized carbons (Fsp3) is 0.688. The van der Waals surface area contributed by atoms with Crippen molar-refractivity contribution in [1.82, 2.24) is 9.88 Å². The van der Waals surface area contributed by atoms with E-state index in [2.05, 4.69) is 18.8 Å². The Hall–Kier alpha value is -1.47. The fourth-order valence-corrected chi connectivity index (χ4v) is 3.45. The van der Waals surface area contributed by atoms with Gasteiger partial charge >= 0.3 is 0 Å². The van der Waals surface area contributed by atoms with Crippen LogP contribution >= 0.6 is 11.3 Å². The second-order valence-corrected chi connectivity index (χ2v) is 7.01. The van der Waals surface area contributed by atoms with Crippen molar-refractivity contribution >= 4 is 28.3 Å². The van der Waals surface area contributed by atoms with Gasteiger partial charge in [-0.05, 0) is 12.3 Å². The van der Waals surface area contributed by atoms with E-state index < -0.39 is 0 Å². The Labute approximate surface area is 141 Å². The number of hydrogen-bond donors (Lipinski definition) is 0. The SMILES string of the molecule is COCCN(CC(C)C)C(=O)Cc1csc(N2CCCC2=O)n1. The first-order valence-electron chi connectivity index (χ1n) is 8.02. The molecule has 1 aromatic heterocycles. The first kappa shape index (κ1) is 17.9. The molecule has 1 aliphatic rings. The van der Waals surface area contributed by atoms with Gasteiger partial charge in [-0.25, -0.2) is 4.98 Å². The Bertz CT molecular complexity index is 544. The minimum absolute atomic E-state index is 0.0559. The van der Waals surface area contributed by atoms with Gasteiger partial charge in [-0.2, -0.15) is 0 Å². The maximum atomic E-state index is 12.5. The van der Waals surface area contributed by atoms with Crippen LogP contribution in [-0.2, 0) is 20.7 Å². The Morgan fingerprint density at radius 2 is 2.30 bits per heavy atom. The highest BCUT2D eigenvalue weighted by Gasteiger charge is 2.25. The van der Waals surface area contributed by atoms with E-state index in [1.165, 1.54) is 11.3 Å². The molecular formula is C16H25N3O3S. The molecule has 128 valence electrons. The van der Waals surface area contributed by atoms with E-state index in [0.717, 1.165) is 18.7 Å². The monoisotopic (exact) mass is 339 g/mol. The van der Waals surface area contributed by atoms with Crippen molar-refractivity contribution in [3.8, 4) is 0 Å². The van der Waals surface area contributed by atoms with Crippen LogP contribution in [0.2, 0.25) is 0 Å². The van der Waals surface area contributed by atoms with Crippen LogP contribution in [0.15, 0.2) is 5.38 Å². The van der Waals surface area contributed by atoms with Crippen molar-refractivity contribution in [2.75, 3.05) is 38.3 Å². The lowest BCUT2D eigenvalue weighted by atomic mass is 10.2. The molecule has 2 rings (SSSR count). The van der Waals surface area contributed by atoms with Gasteiger partial charge < -0.3 is 9.64 Å². The molecule has 1 fully saturated rings. The predicted molar refractivity (Wildman–Crippen MR) is 90.7 cm³/mol. The van der Waals surface area contributed by atoms with Gasteiger partial charge in [0, 0.05) is 38.5 Å². The number of amides is 2. The number of methoxy groups -OCH3 is 1. The first-order valence-corrected chi connectivity index (χ1v) is 8.90. The number of rotatable bonds is 8. The second kappa shape index (κ2) is 8.40. The topological polar surface area (TPSA) is 62.7 Å². The van der Waals surface area contributed by atoms with Crippen LogP contribution in [0.5, 0.6) is 0 Å². The number of nitrogens with zero attached hydrogens (tertiary/aromatic N) is 3. The summed E-state index contributed by atoms with van der Waals surface area (Å²) in [5.41, 5.74) is 0.737. The number of hydrogen-bond acceptors (Lipinski definition) is 5. The van der Waals surface area contributed by atoms with E-state index in [0.29, 0.717) is 37.2 Å². The van der Waals surface area contributed by atoms with Gasteiger partial charge in [0.05, 0.1) is 18.7 Å². The Balaban J connectivity index is 1.97. The minimum Gasteiger partial charge on any atom is -0.383 e. The third-order valence-electron chi connectivity index (χ3n) is 3.68. The maximum Gasteiger partial charge on any atom is 0.228 e. The van der Waals surface area contributed by atoms with Gasteiger partial charge in [0.2, 0.25) is 11.8 Å². The van der Waals surface area contributed by atoms with Gasteiger partial charge in [-0.3, -0.25) is 14.5 Å². The van der Waals surface area contributed by atoms with Gasteiger partial charge in [0.1, 0.15) is 0 Å². The maximum absolute atomic E-state index is 12.5. The summed E-state index contributed by atoms with van der Waals surface area (Å²) in [6, 6.07) is 0. The highest BCUT2D eigenvalue weighted by molar-refractivity contribution is 7.14. The second-order valence-electron chi connectivity index (χ2n) is 6.17. The molecule has 1 aliphatic heterocycles. The Morgan fingerprint density at radius 1 is 1.52 bits per heavy atom. The van der Waals surface area contributed by atoms with Crippen molar-refractivity contribution in [2.45, 2.75) is 33.1 Å². The van der Waals surface area contributed by atoms with Crippen molar-refractivity contribution in [2.24, 2.45) is 5.92 Å². The quantitative estimate of drug-likeness (QED) is 0.726. The number of aromatic nitrogens is 1. The first-order chi connectivity index (χ1) is 11.0. The van der Waals surface area contributed by atoms with Crippen LogP contribution in [0, 0.1) is 5.92 Å². The number of thiazole rings is 1. The molecule has 0 radical (unpaired) electrons. The van der Waals surface area contributed by atoms with Crippen LogP contribution in [0.4, 0.5) is 5.13 Å². The number of carbonyl (C=O) groups is 2. The summed E-state index contributed by atoms with van der Waals surface area (Å²) in [6.07, 6.45) is 1.74. The Kier molecular flexibility index (Phi) is 6.53. The molecule has 0 saturated carbocycles. The number of ether oxygens (including phenoxy) is 1. The molecule has 23 heavy (non-hydrogen) atoms. The smallest absolute Gasteiger partial charge is 0.228 e. The summed E-state index contributed by atoms with van der Waals surface area (Å²) in [6.45, 7) is 6.75. The zero-order chi connectivity index (χ0) is 16.8. The molecule has 6 nitrogen and oxygen atoms in total. The lowest BCUT2D eigenvalue weighted by Gasteiger charge is -2.24. The summed E-state index contributed by atoms with van der Waals surface area (Å²) in [4.78, 5) is 32.3. The summed E-state index contributed by atoms with van der Waals surface area (Å²) in [5.74, 6) is 0.586. The zero-order valence-electron chi connectivity index (χ0n) is 14.1. The average molecular weight is 339 g/mol. The third kappa shape index (κ3) is 5.00. The van der Waals surface area contributed by atoms with Crippen molar-refractivity contribution in [3.05, 3.63) is 11.1 Å². The van der Waals surface area contributed by atoms with E-state index in [1.54, 1.807) is 12.0 Å². The average Bonchev–Trinajstić information content (AvgIpc) is 3.11. The molecule has 0 atom stereocenters. The summed E-state index contributed by atoms with van der Waals surface area (Å²) in [7, 11) is 1.64. The van der Waals surface area contributed by atoms with Crippen molar-refractivity contribution in [1.29, 1.82) is 0 Å². The molecule has 2 heterocycles. The van der Waals surface area contributed by atoms with Crippen LogP contribution < -0.4 is 4.90 Å². The molecule has 0 bridgehead atoms.